The maximum Gasteiger partial charge on any atom is 0.247 e. The molecule has 0 amide bonds. The summed E-state index contributed by atoms with van der Waals surface area (Å²) < 4.78 is 29.6. The predicted molar refractivity (Wildman–Crippen MR) is 108 cm³/mol. The first-order chi connectivity index (χ1) is 13.6. The zero-order valence-electron chi connectivity index (χ0n) is 15.4. The summed E-state index contributed by atoms with van der Waals surface area (Å²) in [4.78, 5) is 4.04. The SMILES string of the molecule is FN1CC(F)(c2ccc(-c3ccccc3)cc2)N=C1CNCc1ccccc1. The third-order valence-corrected chi connectivity index (χ3v) is 4.82. The van der Waals surface area contributed by atoms with Crippen LogP contribution in [0, 0.1) is 0 Å². The molecular formula is C23H21F2N3. The van der Waals surface area contributed by atoms with Crippen LogP contribution < -0.4 is 5.32 Å². The normalized spacial score (nSPS) is 18.9. The van der Waals surface area contributed by atoms with Crippen LogP contribution in [-0.4, -0.2) is 24.0 Å². The maximum atomic E-state index is 15.3. The highest BCUT2D eigenvalue weighted by Gasteiger charge is 2.41. The van der Waals surface area contributed by atoms with E-state index in [0.717, 1.165) is 16.7 Å². The number of benzene rings is 3. The maximum absolute atomic E-state index is 15.3. The fraction of sp³-hybridized carbons (Fsp3) is 0.174. The molecule has 1 aliphatic heterocycles. The van der Waals surface area contributed by atoms with Gasteiger partial charge in [-0.3, -0.25) is 0 Å². The third kappa shape index (κ3) is 3.94. The van der Waals surface area contributed by atoms with Gasteiger partial charge < -0.3 is 5.32 Å². The van der Waals surface area contributed by atoms with Gasteiger partial charge in [0.1, 0.15) is 12.4 Å². The van der Waals surface area contributed by atoms with Gasteiger partial charge in [-0.15, -0.1) is 0 Å². The molecule has 0 fully saturated rings. The van der Waals surface area contributed by atoms with E-state index in [2.05, 4.69) is 10.3 Å². The highest BCUT2D eigenvalue weighted by atomic mass is 19.2. The minimum Gasteiger partial charge on any atom is -0.306 e. The molecule has 0 radical (unpaired) electrons. The number of nitrogens with zero attached hydrogens (tertiary/aromatic N) is 2. The van der Waals surface area contributed by atoms with Gasteiger partial charge in [-0.25, -0.2) is 9.38 Å². The number of hydrogen-bond donors (Lipinski definition) is 1. The van der Waals surface area contributed by atoms with E-state index >= 15 is 4.39 Å². The van der Waals surface area contributed by atoms with Gasteiger partial charge in [0, 0.05) is 12.1 Å². The Hall–Kier alpha value is -3.05. The number of halogens is 2. The Kier molecular flexibility index (Phi) is 5.17. The number of hydrogen-bond acceptors (Lipinski definition) is 3. The van der Waals surface area contributed by atoms with Crippen LogP contribution in [0.4, 0.5) is 8.87 Å². The average Bonchev–Trinajstić information content (AvgIpc) is 3.04. The molecule has 3 nitrogen and oxygen atoms in total. The van der Waals surface area contributed by atoms with Crippen molar-refractivity contribution in [3.05, 3.63) is 96.1 Å². The fourth-order valence-corrected chi connectivity index (χ4v) is 3.31. The molecule has 1 unspecified atom stereocenters. The molecule has 0 saturated heterocycles. The molecule has 28 heavy (non-hydrogen) atoms. The number of nitrogens with one attached hydrogen (secondary N) is 1. The second-order valence-corrected chi connectivity index (χ2v) is 6.84. The number of aliphatic imine (C=N–C) groups is 1. The van der Waals surface area contributed by atoms with Gasteiger partial charge in [0.25, 0.3) is 0 Å². The molecule has 0 saturated carbocycles. The van der Waals surface area contributed by atoms with Gasteiger partial charge in [0.15, 0.2) is 0 Å². The lowest BCUT2D eigenvalue weighted by atomic mass is 10.00. The van der Waals surface area contributed by atoms with Crippen LogP contribution in [0.15, 0.2) is 89.9 Å². The first-order valence-electron chi connectivity index (χ1n) is 9.26. The summed E-state index contributed by atoms with van der Waals surface area (Å²) in [6.45, 7) is 0.304. The topological polar surface area (TPSA) is 27.6 Å². The van der Waals surface area contributed by atoms with E-state index in [1.54, 1.807) is 12.1 Å². The number of amidine groups is 1. The monoisotopic (exact) mass is 377 g/mol. The smallest absolute Gasteiger partial charge is 0.247 e. The van der Waals surface area contributed by atoms with Crippen LogP contribution in [0.1, 0.15) is 11.1 Å². The molecule has 0 aliphatic carbocycles. The van der Waals surface area contributed by atoms with Crippen molar-refractivity contribution in [3.8, 4) is 11.1 Å². The van der Waals surface area contributed by atoms with E-state index in [1.807, 2.05) is 72.8 Å². The van der Waals surface area contributed by atoms with Crippen LogP contribution in [0.5, 0.6) is 0 Å². The van der Waals surface area contributed by atoms with Gasteiger partial charge in [0.2, 0.25) is 5.79 Å². The molecule has 0 spiro atoms. The van der Waals surface area contributed by atoms with Crippen LogP contribution in [-0.2, 0) is 12.3 Å². The molecule has 0 aromatic heterocycles. The predicted octanol–water partition coefficient (Wildman–Crippen LogP) is 4.86. The number of alkyl halides is 1. The molecule has 4 rings (SSSR count). The molecule has 5 heteroatoms. The number of rotatable bonds is 6. The van der Waals surface area contributed by atoms with Crippen molar-refractivity contribution >= 4 is 5.84 Å². The third-order valence-electron chi connectivity index (χ3n) is 4.82. The van der Waals surface area contributed by atoms with Crippen molar-refractivity contribution in [1.29, 1.82) is 0 Å². The zero-order chi connectivity index (χ0) is 19.4. The van der Waals surface area contributed by atoms with E-state index in [1.165, 1.54) is 0 Å². The largest absolute Gasteiger partial charge is 0.306 e. The van der Waals surface area contributed by atoms with Crippen LogP contribution in [0.2, 0.25) is 0 Å². The van der Waals surface area contributed by atoms with Gasteiger partial charge in [-0.05, 0) is 16.7 Å². The molecule has 1 atom stereocenters. The first-order valence-corrected chi connectivity index (χ1v) is 9.26. The van der Waals surface area contributed by atoms with Crippen LogP contribution in [0.25, 0.3) is 11.1 Å². The fourth-order valence-electron chi connectivity index (χ4n) is 3.31. The molecule has 142 valence electrons. The van der Waals surface area contributed by atoms with Crippen molar-refractivity contribution in [2.24, 2.45) is 4.99 Å². The standard InChI is InChI=1S/C23H21F2N3/c24-23(21-13-11-20(12-14-21)19-9-5-2-6-10-19)17-28(25)22(27-23)16-26-15-18-7-3-1-4-8-18/h1-14,26H,15-17H2. The molecule has 1 N–H and O–H groups in total. The Morgan fingerprint density at radius 1 is 0.821 bits per heavy atom. The Labute approximate surface area is 163 Å². The summed E-state index contributed by atoms with van der Waals surface area (Å²) in [6.07, 6.45) is 0. The average molecular weight is 377 g/mol. The Morgan fingerprint density at radius 2 is 1.43 bits per heavy atom. The van der Waals surface area contributed by atoms with E-state index in [-0.39, 0.29) is 12.4 Å². The van der Waals surface area contributed by atoms with Crippen molar-refractivity contribution < 1.29 is 8.87 Å². The van der Waals surface area contributed by atoms with Crippen LogP contribution in [0.3, 0.4) is 0 Å². The minimum absolute atomic E-state index is 0.0746. The second kappa shape index (κ2) is 7.90. The van der Waals surface area contributed by atoms with Crippen molar-refractivity contribution in [1.82, 2.24) is 10.4 Å². The summed E-state index contributed by atoms with van der Waals surface area (Å²) >= 11 is 0. The molecule has 1 aliphatic rings. The highest BCUT2D eigenvalue weighted by molar-refractivity contribution is 5.85. The first kappa shape index (κ1) is 18.3. The van der Waals surface area contributed by atoms with E-state index in [0.29, 0.717) is 17.2 Å². The van der Waals surface area contributed by atoms with Gasteiger partial charge >= 0.3 is 0 Å². The summed E-state index contributed by atoms with van der Waals surface area (Å²) in [6, 6.07) is 26.7. The molecule has 1 heterocycles. The van der Waals surface area contributed by atoms with Crippen LogP contribution >= 0.6 is 0 Å². The van der Waals surface area contributed by atoms with Crippen molar-refractivity contribution in [2.45, 2.75) is 12.3 Å². The van der Waals surface area contributed by atoms with Gasteiger partial charge in [-0.2, -0.15) is 5.12 Å². The quantitative estimate of drug-likeness (QED) is 0.491. The zero-order valence-corrected chi connectivity index (χ0v) is 15.4. The molecule has 3 aromatic carbocycles. The molecule has 3 aromatic rings. The van der Waals surface area contributed by atoms with E-state index < -0.39 is 12.3 Å². The van der Waals surface area contributed by atoms with Crippen molar-refractivity contribution in [3.63, 3.8) is 0 Å². The lowest BCUT2D eigenvalue weighted by Crippen LogP contribution is -2.31. The van der Waals surface area contributed by atoms with E-state index in [9.17, 15) is 4.48 Å². The lowest BCUT2D eigenvalue weighted by Gasteiger charge is -2.17. The minimum atomic E-state index is -2.08. The van der Waals surface area contributed by atoms with Gasteiger partial charge in [0.05, 0.1) is 6.54 Å². The summed E-state index contributed by atoms with van der Waals surface area (Å²) in [5.41, 5.74) is 3.47. The summed E-state index contributed by atoms with van der Waals surface area (Å²) in [7, 11) is 0. The second-order valence-electron chi connectivity index (χ2n) is 6.84. The van der Waals surface area contributed by atoms with Crippen molar-refractivity contribution in [2.75, 3.05) is 13.1 Å². The summed E-state index contributed by atoms with van der Waals surface area (Å²) in [5, 5.41) is 3.51. The Bertz CT molecular complexity index is 943. The van der Waals surface area contributed by atoms with Gasteiger partial charge in [-0.1, -0.05) is 89.4 Å². The Balaban J connectivity index is 1.45. The van der Waals surface area contributed by atoms with E-state index in [4.69, 9.17) is 0 Å². The lowest BCUT2D eigenvalue weighted by molar-refractivity contribution is 0.0611. The Morgan fingerprint density at radius 3 is 2.11 bits per heavy atom. The highest BCUT2D eigenvalue weighted by Crippen LogP contribution is 2.35. The summed E-state index contributed by atoms with van der Waals surface area (Å²) in [5.74, 6) is -2.00. The molecule has 0 bridgehead atoms. The molecular weight excluding hydrogens is 356 g/mol.